The zero-order chi connectivity index (χ0) is 16.0. The van der Waals surface area contributed by atoms with Crippen LogP contribution in [-0.2, 0) is 9.59 Å². The van der Waals surface area contributed by atoms with Gasteiger partial charge in [-0.2, -0.15) is 0 Å². The van der Waals surface area contributed by atoms with Crippen LogP contribution in [0.1, 0.15) is 84.5 Å². The van der Waals surface area contributed by atoms with E-state index in [2.05, 4.69) is 11.8 Å². The van der Waals surface area contributed by atoms with Gasteiger partial charge in [-0.25, -0.2) is 0 Å². The molecule has 0 spiro atoms. The maximum Gasteiger partial charge on any atom is 0.143 e. The number of unbranched alkanes of at least 4 members (excludes halogenated alkanes) is 3. The van der Waals surface area contributed by atoms with Gasteiger partial charge in [0.2, 0.25) is 0 Å². The fourth-order valence-corrected chi connectivity index (χ4v) is 4.76. The van der Waals surface area contributed by atoms with Crippen molar-refractivity contribution in [1.82, 2.24) is 4.90 Å². The van der Waals surface area contributed by atoms with Crippen LogP contribution in [0.15, 0.2) is 0 Å². The van der Waals surface area contributed by atoms with Crippen molar-refractivity contribution >= 4 is 12.1 Å². The summed E-state index contributed by atoms with van der Waals surface area (Å²) in [5, 5.41) is 0. The fourth-order valence-electron chi connectivity index (χ4n) is 4.76. The van der Waals surface area contributed by atoms with Crippen molar-refractivity contribution in [2.24, 2.45) is 5.92 Å². The Hall–Kier alpha value is -0.700. The average molecular weight is 307 g/mol. The summed E-state index contributed by atoms with van der Waals surface area (Å²) >= 11 is 0. The topological polar surface area (TPSA) is 37.4 Å². The van der Waals surface area contributed by atoms with Crippen molar-refractivity contribution in [3.63, 3.8) is 0 Å². The SMILES string of the molecule is CCCCCC[C@H]1CC[C@@H]2CCCC[C@@]2(C=O)N1CC(C)=O. The van der Waals surface area contributed by atoms with E-state index in [1.807, 2.05) is 0 Å². The van der Waals surface area contributed by atoms with Crippen molar-refractivity contribution in [3.8, 4) is 0 Å². The lowest BCUT2D eigenvalue weighted by Gasteiger charge is -2.55. The first kappa shape index (κ1) is 17.7. The molecule has 0 aromatic rings. The zero-order valence-corrected chi connectivity index (χ0v) is 14.5. The third-order valence-corrected chi connectivity index (χ3v) is 5.90. The number of hydrogen-bond donors (Lipinski definition) is 0. The van der Waals surface area contributed by atoms with Crippen molar-refractivity contribution in [1.29, 1.82) is 0 Å². The molecule has 0 aromatic carbocycles. The smallest absolute Gasteiger partial charge is 0.143 e. The molecule has 2 aliphatic rings. The Balaban J connectivity index is 2.11. The van der Waals surface area contributed by atoms with Crippen LogP contribution in [0.4, 0.5) is 0 Å². The van der Waals surface area contributed by atoms with Crippen molar-refractivity contribution < 1.29 is 9.59 Å². The molecule has 0 N–H and O–H groups in total. The molecular weight excluding hydrogens is 274 g/mol. The van der Waals surface area contributed by atoms with Crippen molar-refractivity contribution in [3.05, 3.63) is 0 Å². The number of hydrogen-bond acceptors (Lipinski definition) is 3. The van der Waals surface area contributed by atoms with Gasteiger partial charge in [0.1, 0.15) is 12.1 Å². The van der Waals surface area contributed by atoms with Crippen LogP contribution in [0.2, 0.25) is 0 Å². The summed E-state index contributed by atoms with van der Waals surface area (Å²) in [5.41, 5.74) is -0.336. The highest BCUT2D eigenvalue weighted by molar-refractivity contribution is 5.79. The lowest BCUT2D eigenvalue weighted by atomic mass is 9.66. The number of likely N-dealkylation sites (tertiary alicyclic amines) is 1. The minimum Gasteiger partial charge on any atom is -0.301 e. The second kappa shape index (κ2) is 8.24. The molecule has 2 rings (SSSR count). The van der Waals surface area contributed by atoms with E-state index in [0.717, 1.165) is 25.7 Å². The van der Waals surface area contributed by atoms with Crippen LogP contribution in [0, 0.1) is 5.92 Å². The molecule has 1 aliphatic carbocycles. The van der Waals surface area contributed by atoms with Gasteiger partial charge in [0.25, 0.3) is 0 Å². The normalized spacial score (nSPS) is 32.5. The zero-order valence-electron chi connectivity index (χ0n) is 14.5. The van der Waals surface area contributed by atoms with Crippen molar-refractivity contribution in [2.45, 2.75) is 96.1 Å². The number of Topliss-reactive ketones (excluding diaryl/α,β-unsaturated/α-hetero) is 1. The Bertz CT molecular complexity index is 382. The molecule has 1 saturated carbocycles. The van der Waals surface area contributed by atoms with E-state index < -0.39 is 0 Å². The summed E-state index contributed by atoms with van der Waals surface area (Å²) in [6.07, 6.45) is 14.2. The highest BCUT2D eigenvalue weighted by atomic mass is 16.1. The van der Waals surface area contributed by atoms with Crippen LogP contribution in [0.3, 0.4) is 0 Å². The molecule has 1 saturated heterocycles. The summed E-state index contributed by atoms with van der Waals surface area (Å²) in [6, 6.07) is 0.431. The van der Waals surface area contributed by atoms with Crippen LogP contribution >= 0.6 is 0 Å². The third kappa shape index (κ3) is 3.79. The Labute approximate surface area is 135 Å². The molecule has 22 heavy (non-hydrogen) atoms. The highest BCUT2D eigenvalue weighted by Crippen LogP contribution is 2.45. The van der Waals surface area contributed by atoms with Gasteiger partial charge in [-0.05, 0) is 44.9 Å². The summed E-state index contributed by atoms with van der Waals surface area (Å²) in [6.45, 7) is 4.36. The molecule has 0 radical (unpaired) electrons. The van der Waals surface area contributed by atoms with E-state index in [4.69, 9.17) is 0 Å². The standard InChI is InChI=1S/C19H33NO2/c1-3-4-5-6-10-18-12-11-17-9-7-8-13-19(17,15-21)20(18)14-16(2)22/h15,17-18H,3-14H2,1-2H3/t17-,18-,19-/m0/s1. The van der Waals surface area contributed by atoms with Gasteiger partial charge >= 0.3 is 0 Å². The number of fused-ring (bicyclic) bond motifs is 1. The minimum absolute atomic E-state index is 0.200. The van der Waals surface area contributed by atoms with Gasteiger partial charge in [0, 0.05) is 6.04 Å². The molecule has 2 fully saturated rings. The molecule has 0 bridgehead atoms. The van der Waals surface area contributed by atoms with Gasteiger partial charge in [-0.1, -0.05) is 45.4 Å². The number of rotatable bonds is 8. The Morgan fingerprint density at radius 2 is 2.00 bits per heavy atom. The number of ketones is 1. The van der Waals surface area contributed by atoms with Gasteiger partial charge in [0.15, 0.2) is 0 Å². The predicted octanol–water partition coefficient (Wildman–Crippen LogP) is 4.14. The summed E-state index contributed by atoms with van der Waals surface area (Å²) in [5.74, 6) is 0.677. The number of carbonyl (C=O) groups excluding carboxylic acids is 2. The monoisotopic (exact) mass is 307 g/mol. The van der Waals surface area contributed by atoms with Gasteiger partial charge in [-0.15, -0.1) is 0 Å². The Morgan fingerprint density at radius 3 is 2.68 bits per heavy atom. The summed E-state index contributed by atoms with van der Waals surface area (Å²) in [7, 11) is 0. The predicted molar refractivity (Wildman–Crippen MR) is 89.9 cm³/mol. The van der Waals surface area contributed by atoms with Gasteiger partial charge < -0.3 is 4.79 Å². The van der Waals surface area contributed by atoms with Gasteiger partial charge in [-0.3, -0.25) is 9.69 Å². The highest BCUT2D eigenvalue weighted by Gasteiger charge is 2.50. The second-order valence-corrected chi connectivity index (χ2v) is 7.46. The van der Waals surface area contributed by atoms with E-state index in [1.165, 1.54) is 51.2 Å². The fraction of sp³-hybridized carbons (Fsp3) is 0.895. The summed E-state index contributed by atoms with van der Waals surface area (Å²) in [4.78, 5) is 26.2. The molecule has 3 nitrogen and oxygen atoms in total. The molecule has 3 atom stereocenters. The first-order valence-electron chi connectivity index (χ1n) is 9.36. The molecular formula is C19H33NO2. The lowest BCUT2D eigenvalue weighted by molar-refractivity contribution is -0.139. The maximum atomic E-state index is 12.1. The average Bonchev–Trinajstić information content (AvgIpc) is 2.52. The largest absolute Gasteiger partial charge is 0.301 e. The maximum absolute atomic E-state index is 12.1. The van der Waals surface area contributed by atoms with Crippen molar-refractivity contribution in [2.75, 3.05) is 6.54 Å². The molecule has 1 aliphatic heterocycles. The van der Waals surface area contributed by atoms with E-state index in [9.17, 15) is 9.59 Å². The number of carbonyl (C=O) groups is 2. The molecule has 3 heteroatoms. The number of nitrogens with zero attached hydrogens (tertiary/aromatic N) is 1. The Morgan fingerprint density at radius 1 is 1.18 bits per heavy atom. The minimum atomic E-state index is -0.336. The molecule has 0 aromatic heterocycles. The first-order chi connectivity index (χ1) is 10.6. The third-order valence-electron chi connectivity index (χ3n) is 5.90. The van der Waals surface area contributed by atoms with E-state index in [-0.39, 0.29) is 11.3 Å². The quantitative estimate of drug-likeness (QED) is 0.499. The van der Waals surface area contributed by atoms with Crippen LogP contribution in [0.25, 0.3) is 0 Å². The number of piperidine rings is 1. The van der Waals surface area contributed by atoms with Crippen LogP contribution < -0.4 is 0 Å². The van der Waals surface area contributed by atoms with Gasteiger partial charge in [0.05, 0.1) is 12.1 Å². The molecule has 1 heterocycles. The number of aldehydes is 1. The first-order valence-corrected chi connectivity index (χ1v) is 9.36. The molecule has 0 unspecified atom stereocenters. The van der Waals surface area contributed by atoms with E-state index >= 15 is 0 Å². The Kier molecular flexibility index (Phi) is 6.61. The summed E-state index contributed by atoms with van der Waals surface area (Å²) < 4.78 is 0. The lowest BCUT2D eigenvalue weighted by Crippen LogP contribution is -2.64. The molecule has 0 amide bonds. The molecule has 126 valence electrons. The van der Waals surface area contributed by atoms with E-state index in [0.29, 0.717) is 18.5 Å². The van der Waals surface area contributed by atoms with E-state index in [1.54, 1.807) is 6.92 Å². The second-order valence-electron chi connectivity index (χ2n) is 7.46. The van der Waals surface area contributed by atoms with Crippen LogP contribution in [0.5, 0.6) is 0 Å². The van der Waals surface area contributed by atoms with Crippen LogP contribution in [-0.4, -0.2) is 35.1 Å².